The maximum atomic E-state index is 6.22. The van der Waals surface area contributed by atoms with Gasteiger partial charge in [0.05, 0.1) is 11.2 Å². The van der Waals surface area contributed by atoms with E-state index in [2.05, 4.69) is 32.7 Å². The average Bonchev–Trinajstić information content (AvgIpc) is 2.79. The standard InChI is InChI=1S/C19H29BN2O2/c1-7-19(6)18(4,5)23-20(24-19)17-10-8-15(9-11-17)16(12-21)13-22-14(2)3/h8-14H,7,21H2,1-6H3. The molecule has 1 aromatic carbocycles. The fourth-order valence-electron chi connectivity index (χ4n) is 2.72. The van der Waals surface area contributed by atoms with Gasteiger partial charge in [0.2, 0.25) is 0 Å². The summed E-state index contributed by atoms with van der Waals surface area (Å²) in [4.78, 5) is 4.40. The quantitative estimate of drug-likeness (QED) is 0.667. The third-order valence-electron chi connectivity index (χ3n) is 4.92. The van der Waals surface area contributed by atoms with Crippen molar-refractivity contribution in [2.75, 3.05) is 0 Å². The molecule has 1 atom stereocenters. The van der Waals surface area contributed by atoms with Gasteiger partial charge in [0.25, 0.3) is 0 Å². The topological polar surface area (TPSA) is 56.8 Å². The van der Waals surface area contributed by atoms with Crippen molar-refractivity contribution in [1.29, 1.82) is 0 Å². The molecule has 0 saturated carbocycles. The minimum atomic E-state index is -0.339. The molecule has 1 unspecified atom stereocenters. The normalized spacial score (nSPS) is 24.3. The molecule has 4 nitrogen and oxygen atoms in total. The molecule has 0 spiro atoms. The van der Waals surface area contributed by atoms with E-state index in [4.69, 9.17) is 15.0 Å². The SMILES string of the molecule is CCC1(C)OB(c2ccc(C(C=NC(C)C)=CN)cc2)OC1(C)C. The highest BCUT2D eigenvalue weighted by atomic mass is 16.7. The Morgan fingerprint density at radius 3 is 2.29 bits per heavy atom. The molecule has 0 radical (unpaired) electrons. The van der Waals surface area contributed by atoms with Crippen LogP contribution in [0.3, 0.4) is 0 Å². The first-order chi connectivity index (χ1) is 11.2. The summed E-state index contributed by atoms with van der Waals surface area (Å²) in [5.41, 5.74) is 8.08. The minimum Gasteiger partial charge on any atom is -0.404 e. The molecule has 1 fully saturated rings. The largest absolute Gasteiger partial charge is 0.494 e. The molecule has 5 heteroatoms. The second-order valence-corrected chi connectivity index (χ2v) is 7.28. The van der Waals surface area contributed by atoms with Crippen molar-refractivity contribution in [3.05, 3.63) is 36.0 Å². The van der Waals surface area contributed by atoms with Crippen LogP contribution in [0.25, 0.3) is 5.57 Å². The lowest BCUT2D eigenvalue weighted by Crippen LogP contribution is -2.44. The maximum Gasteiger partial charge on any atom is 0.494 e. The predicted molar refractivity (Wildman–Crippen MR) is 103 cm³/mol. The van der Waals surface area contributed by atoms with Gasteiger partial charge in [0.1, 0.15) is 0 Å². The predicted octanol–water partition coefficient (Wildman–Crippen LogP) is 3.15. The van der Waals surface area contributed by atoms with Gasteiger partial charge >= 0.3 is 7.12 Å². The Balaban J connectivity index is 2.19. The second-order valence-electron chi connectivity index (χ2n) is 7.28. The lowest BCUT2D eigenvalue weighted by Gasteiger charge is -2.35. The van der Waals surface area contributed by atoms with Gasteiger partial charge in [-0.25, -0.2) is 0 Å². The highest BCUT2D eigenvalue weighted by Gasteiger charge is 2.53. The van der Waals surface area contributed by atoms with Gasteiger partial charge in [-0.1, -0.05) is 31.2 Å². The lowest BCUT2D eigenvalue weighted by molar-refractivity contribution is -0.0118. The van der Waals surface area contributed by atoms with Gasteiger partial charge in [0.15, 0.2) is 0 Å². The first-order valence-corrected chi connectivity index (χ1v) is 8.63. The summed E-state index contributed by atoms with van der Waals surface area (Å²) in [5, 5.41) is 0. The zero-order valence-electron chi connectivity index (χ0n) is 15.7. The molecule has 1 heterocycles. The Morgan fingerprint density at radius 1 is 1.21 bits per heavy atom. The average molecular weight is 328 g/mol. The van der Waals surface area contributed by atoms with Crippen molar-refractivity contribution in [3.8, 4) is 0 Å². The summed E-state index contributed by atoms with van der Waals surface area (Å²) >= 11 is 0. The first-order valence-electron chi connectivity index (χ1n) is 8.63. The molecule has 0 amide bonds. The molecule has 1 saturated heterocycles. The van der Waals surface area contributed by atoms with Crippen molar-refractivity contribution in [1.82, 2.24) is 0 Å². The third-order valence-corrected chi connectivity index (χ3v) is 4.92. The van der Waals surface area contributed by atoms with Gasteiger partial charge in [0, 0.05) is 24.0 Å². The van der Waals surface area contributed by atoms with E-state index < -0.39 is 0 Å². The van der Waals surface area contributed by atoms with Crippen molar-refractivity contribution in [3.63, 3.8) is 0 Å². The molecular formula is C19H29BN2O2. The van der Waals surface area contributed by atoms with Crippen LogP contribution in [-0.2, 0) is 9.31 Å². The van der Waals surface area contributed by atoms with Crippen LogP contribution < -0.4 is 11.2 Å². The summed E-state index contributed by atoms with van der Waals surface area (Å²) in [6.07, 6.45) is 4.31. The van der Waals surface area contributed by atoms with Crippen molar-refractivity contribution in [2.24, 2.45) is 10.7 Å². The zero-order chi connectivity index (χ0) is 18.0. The van der Waals surface area contributed by atoms with Crippen molar-refractivity contribution in [2.45, 2.75) is 65.2 Å². The van der Waals surface area contributed by atoms with E-state index in [-0.39, 0.29) is 24.4 Å². The van der Waals surface area contributed by atoms with Gasteiger partial charge in [-0.3, -0.25) is 4.99 Å². The highest BCUT2D eigenvalue weighted by Crippen LogP contribution is 2.39. The number of rotatable bonds is 5. The van der Waals surface area contributed by atoms with Crippen LogP contribution in [0.1, 0.15) is 53.5 Å². The fraction of sp³-hybridized carbons (Fsp3) is 0.526. The summed E-state index contributed by atoms with van der Waals surface area (Å²) in [5.74, 6) is 0. The number of hydrogen-bond acceptors (Lipinski definition) is 4. The minimum absolute atomic E-state index is 0.244. The number of aliphatic imine (C=N–C) groups is 1. The van der Waals surface area contributed by atoms with Crippen LogP contribution in [0.15, 0.2) is 35.5 Å². The van der Waals surface area contributed by atoms with Crippen LogP contribution in [0.4, 0.5) is 0 Å². The van der Waals surface area contributed by atoms with Crippen molar-refractivity contribution < 1.29 is 9.31 Å². The molecule has 0 bridgehead atoms. The van der Waals surface area contributed by atoms with Crippen LogP contribution >= 0.6 is 0 Å². The number of hydrogen-bond donors (Lipinski definition) is 1. The molecule has 24 heavy (non-hydrogen) atoms. The molecule has 130 valence electrons. The number of nitrogens with zero attached hydrogens (tertiary/aromatic N) is 1. The second kappa shape index (κ2) is 7.12. The summed E-state index contributed by atoms with van der Waals surface area (Å²) < 4.78 is 12.4. The third kappa shape index (κ3) is 3.73. The zero-order valence-corrected chi connectivity index (χ0v) is 15.7. The molecule has 1 aliphatic rings. The first kappa shape index (κ1) is 18.7. The fourth-order valence-corrected chi connectivity index (χ4v) is 2.72. The molecule has 0 aromatic heterocycles. The Hall–Kier alpha value is -1.59. The van der Waals surface area contributed by atoms with E-state index in [1.165, 1.54) is 0 Å². The van der Waals surface area contributed by atoms with E-state index in [1.807, 2.05) is 44.3 Å². The Morgan fingerprint density at radius 2 is 1.83 bits per heavy atom. The Kier molecular flexibility index (Phi) is 5.56. The van der Waals surface area contributed by atoms with Crippen LogP contribution in [-0.4, -0.2) is 30.6 Å². The number of benzene rings is 1. The Bertz CT molecular complexity index is 623. The van der Waals surface area contributed by atoms with Gasteiger partial charge in [-0.2, -0.15) is 0 Å². The van der Waals surface area contributed by atoms with Crippen LogP contribution in [0.5, 0.6) is 0 Å². The van der Waals surface area contributed by atoms with Crippen LogP contribution in [0.2, 0.25) is 0 Å². The van der Waals surface area contributed by atoms with E-state index in [1.54, 1.807) is 6.20 Å². The van der Waals surface area contributed by atoms with E-state index in [0.29, 0.717) is 0 Å². The number of allylic oxidation sites excluding steroid dienone is 1. The highest BCUT2D eigenvalue weighted by molar-refractivity contribution is 6.62. The van der Waals surface area contributed by atoms with Gasteiger partial charge < -0.3 is 15.0 Å². The maximum absolute atomic E-state index is 6.22. The molecular weight excluding hydrogens is 299 g/mol. The van der Waals surface area contributed by atoms with E-state index >= 15 is 0 Å². The lowest BCUT2D eigenvalue weighted by atomic mass is 9.78. The van der Waals surface area contributed by atoms with Gasteiger partial charge in [-0.05, 0) is 52.1 Å². The van der Waals surface area contributed by atoms with Gasteiger partial charge in [-0.15, -0.1) is 0 Å². The molecule has 2 N–H and O–H groups in total. The monoisotopic (exact) mass is 328 g/mol. The summed E-state index contributed by atoms with van der Waals surface area (Å²) in [7, 11) is -0.339. The molecule has 1 aromatic rings. The summed E-state index contributed by atoms with van der Waals surface area (Å²) in [6, 6.07) is 8.37. The smallest absolute Gasteiger partial charge is 0.404 e. The number of nitrogens with two attached hydrogens (primary N) is 1. The van der Waals surface area contributed by atoms with E-state index in [9.17, 15) is 0 Å². The molecule has 1 aliphatic heterocycles. The van der Waals surface area contributed by atoms with Crippen molar-refractivity contribution >= 4 is 24.4 Å². The van der Waals surface area contributed by atoms with E-state index in [0.717, 1.165) is 23.0 Å². The van der Waals surface area contributed by atoms with Crippen LogP contribution in [0, 0.1) is 0 Å². The Labute approximate surface area is 146 Å². The molecule has 0 aliphatic carbocycles. The molecule has 2 rings (SSSR count). The summed E-state index contributed by atoms with van der Waals surface area (Å²) in [6.45, 7) is 12.5.